The van der Waals surface area contributed by atoms with Crippen LogP contribution in [-0.4, -0.2) is 29.3 Å². The fourth-order valence-corrected chi connectivity index (χ4v) is 3.62. The molecule has 1 atom stereocenters. The van der Waals surface area contributed by atoms with Crippen molar-refractivity contribution in [1.82, 2.24) is 4.90 Å². The van der Waals surface area contributed by atoms with Crippen LogP contribution in [0.15, 0.2) is 24.3 Å². The van der Waals surface area contributed by atoms with Crippen LogP contribution in [-0.2, 0) is 9.59 Å². The van der Waals surface area contributed by atoms with E-state index < -0.39 is 5.41 Å². The first kappa shape index (κ1) is 16.3. The van der Waals surface area contributed by atoms with Gasteiger partial charge in [0.25, 0.3) is 0 Å². The highest BCUT2D eigenvalue weighted by Gasteiger charge is 2.58. The van der Waals surface area contributed by atoms with Crippen molar-refractivity contribution in [3.05, 3.63) is 29.3 Å². The third-order valence-electron chi connectivity index (χ3n) is 5.08. The molecule has 0 spiro atoms. The van der Waals surface area contributed by atoms with E-state index in [1.807, 2.05) is 17.0 Å². The van der Waals surface area contributed by atoms with Gasteiger partial charge in [-0.05, 0) is 50.7 Å². The summed E-state index contributed by atoms with van der Waals surface area (Å²) in [5.74, 6) is -0.204. The van der Waals surface area contributed by atoms with Crippen molar-refractivity contribution in [3.63, 3.8) is 0 Å². The number of nitrogens with zero attached hydrogens (tertiary/aromatic N) is 1. The molecule has 0 aromatic heterocycles. The maximum atomic E-state index is 13.0. The van der Waals surface area contributed by atoms with Crippen molar-refractivity contribution in [3.8, 4) is 0 Å². The first-order chi connectivity index (χ1) is 11.1. The Bertz CT molecular complexity index is 613. The number of piperidine rings is 1. The van der Waals surface area contributed by atoms with Crippen LogP contribution in [0.1, 0.15) is 45.4 Å². The van der Waals surface area contributed by atoms with Crippen LogP contribution in [0.3, 0.4) is 0 Å². The van der Waals surface area contributed by atoms with Gasteiger partial charge >= 0.3 is 0 Å². The van der Waals surface area contributed by atoms with Crippen molar-refractivity contribution in [2.75, 3.05) is 11.9 Å². The maximum Gasteiger partial charge on any atom is 0.240 e. The number of rotatable bonds is 4. The Hall–Kier alpha value is -1.55. The summed E-state index contributed by atoms with van der Waals surface area (Å²) in [5, 5.41) is 3.34. The third kappa shape index (κ3) is 3.09. The zero-order valence-electron chi connectivity index (χ0n) is 13.5. The Kier molecular flexibility index (Phi) is 4.62. The van der Waals surface area contributed by atoms with E-state index in [0.29, 0.717) is 23.6 Å². The molecule has 5 heteroatoms. The number of likely N-dealkylation sites (tertiary alicyclic amines) is 1. The van der Waals surface area contributed by atoms with Crippen LogP contribution < -0.4 is 5.32 Å². The van der Waals surface area contributed by atoms with Crippen molar-refractivity contribution >= 4 is 29.1 Å². The monoisotopic (exact) mass is 334 g/mol. The molecule has 1 unspecified atom stereocenters. The summed E-state index contributed by atoms with van der Waals surface area (Å²) < 4.78 is 0. The molecule has 1 aliphatic carbocycles. The predicted octanol–water partition coefficient (Wildman–Crippen LogP) is 3.85. The molecule has 1 aromatic rings. The second-order valence-electron chi connectivity index (χ2n) is 6.57. The normalized spacial score (nSPS) is 22.5. The molecule has 1 heterocycles. The molecule has 2 amide bonds. The number of halogens is 1. The molecule has 2 fully saturated rings. The van der Waals surface area contributed by atoms with Crippen LogP contribution in [0, 0.1) is 5.41 Å². The van der Waals surface area contributed by atoms with E-state index in [2.05, 4.69) is 12.2 Å². The number of anilines is 1. The molecule has 3 rings (SSSR count). The number of carbonyl (C=O) groups is 2. The molecule has 2 aliphatic rings. The number of carbonyl (C=O) groups excluding carboxylic acids is 2. The van der Waals surface area contributed by atoms with Crippen molar-refractivity contribution in [1.29, 1.82) is 0 Å². The van der Waals surface area contributed by atoms with Crippen LogP contribution in [0.4, 0.5) is 5.69 Å². The topological polar surface area (TPSA) is 49.4 Å². The second-order valence-corrected chi connectivity index (χ2v) is 6.98. The van der Waals surface area contributed by atoms with Gasteiger partial charge in [0.15, 0.2) is 0 Å². The summed E-state index contributed by atoms with van der Waals surface area (Å²) in [5.41, 5.74) is -0.298. The highest BCUT2D eigenvalue weighted by atomic mass is 35.5. The van der Waals surface area contributed by atoms with Gasteiger partial charge in [-0.25, -0.2) is 0 Å². The van der Waals surface area contributed by atoms with E-state index in [1.165, 1.54) is 6.42 Å². The summed E-state index contributed by atoms with van der Waals surface area (Å²) in [6, 6.07) is 7.41. The van der Waals surface area contributed by atoms with Gasteiger partial charge in [0.2, 0.25) is 11.8 Å². The summed E-state index contributed by atoms with van der Waals surface area (Å²) >= 11 is 6.10. The van der Waals surface area contributed by atoms with Gasteiger partial charge in [0, 0.05) is 12.6 Å². The highest BCUT2D eigenvalue weighted by Crippen LogP contribution is 2.49. The Balaban J connectivity index is 1.74. The Labute approximate surface area is 142 Å². The zero-order chi connectivity index (χ0) is 16.4. The van der Waals surface area contributed by atoms with Gasteiger partial charge < -0.3 is 10.2 Å². The maximum absolute atomic E-state index is 13.0. The smallest absolute Gasteiger partial charge is 0.240 e. The lowest BCUT2D eigenvalue weighted by atomic mass is 9.95. The molecular weight excluding hydrogens is 312 g/mol. The van der Waals surface area contributed by atoms with Gasteiger partial charge in [-0.15, -0.1) is 0 Å². The molecule has 1 saturated carbocycles. The van der Waals surface area contributed by atoms with Crippen molar-refractivity contribution < 1.29 is 9.59 Å². The van der Waals surface area contributed by atoms with Crippen LogP contribution in [0.5, 0.6) is 0 Å². The molecule has 124 valence electrons. The largest absolute Gasteiger partial charge is 0.339 e. The van der Waals surface area contributed by atoms with Gasteiger partial charge in [-0.3, -0.25) is 9.59 Å². The molecule has 1 aliphatic heterocycles. The average Bonchev–Trinajstić information content (AvgIpc) is 3.38. The molecule has 0 bridgehead atoms. The van der Waals surface area contributed by atoms with Crippen molar-refractivity contribution in [2.45, 2.75) is 51.5 Å². The van der Waals surface area contributed by atoms with Gasteiger partial charge in [0.1, 0.15) is 5.41 Å². The molecule has 1 N–H and O–H groups in total. The molecule has 23 heavy (non-hydrogen) atoms. The molecule has 4 nitrogen and oxygen atoms in total. The predicted molar refractivity (Wildman–Crippen MR) is 91.4 cm³/mol. The third-order valence-corrected chi connectivity index (χ3v) is 5.40. The van der Waals surface area contributed by atoms with Gasteiger partial charge in [-0.2, -0.15) is 0 Å². The van der Waals surface area contributed by atoms with E-state index in [-0.39, 0.29) is 17.9 Å². The number of amides is 2. The molecular formula is C18H23ClN2O2. The van der Waals surface area contributed by atoms with Crippen LogP contribution in [0.25, 0.3) is 0 Å². The van der Waals surface area contributed by atoms with Crippen LogP contribution >= 0.6 is 11.6 Å². The molecule has 0 radical (unpaired) electrons. The van der Waals surface area contributed by atoms with Crippen LogP contribution in [0.2, 0.25) is 5.02 Å². The number of benzene rings is 1. The summed E-state index contributed by atoms with van der Waals surface area (Å²) in [6.07, 6.45) is 5.47. The lowest BCUT2D eigenvalue weighted by Gasteiger charge is -2.37. The SMILES string of the molecule is CCC1CCCCN1C(=O)C1(C(=O)Nc2ccccc2Cl)CC1. The minimum atomic E-state index is -0.871. The lowest BCUT2D eigenvalue weighted by molar-refractivity contribution is -0.145. The standard InChI is InChI=1S/C18H23ClN2O2/c1-2-13-7-5-6-12-21(13)17(23)18(10-11-18)16(22)20-15-9-4-3-8-14(15)19/h3-4,8-9,13H,2,5-7,10-12H2,1H3,(H,20,22). The highest BCUT2D eigenvalue weighted by molar-refractivity contribution is 6.34. The first-order valence-electron chi connectivity index (χ1n) is 8.45. The van der Waals surface area contributed by atoms with E-state index in [1.54, 1.807) is 12.1 Å². The summed E-state index contributed by atoms with van der Waals surface area (Å²) in [7, 11) is 0. The van der Waals surface area contributed by atoms with E-state index in [0.717, 1.165) is 25.8 Å². The number of hydrogen-bond donors (Lipinski definition) is 1. The summed E-state index contributed by atoms with van der Waals surface area (Å²) in [6.45, 7) is 2.89. The van der Waals surface area contributed by atoms with E-state index in [9.17, 15) is 9.59 Å². The molecule has 1 saturated heterocycles. The first-order valence-corrected chi connectivity index (χ1v) is 8.83. The fraction of sp³-hybridized carbons (Fsp3) is 0.556. The Morgan fingerprint density at radius 1 is 1.30 bits per heavy atom. The zero-order valence-corrected chi connectivity index (χ0v) is 14.2. The molecule has 1 aromatic carbocycles. The minimum absolute atomic E-state index is 0.00797. The number of nitrogens with one attached hydrogen (secondary N) is 1. The van der Waals surface area contributed by atoms with Gasteiger partial charge in [0.05, 0.1) is 10.7 Å². The summed E-state index contributed by atoms with van der Waals surface area (Å²) in [4.78, 5) is 27.7. The minimum Gasteiger partial charge on any atom is -0.339 e. The van der Waals surface area contributed by atoms with E-state index in [4.69, 9.17) is 11.6 Å². The Morgan fingerprint density at radius 3 is 2.70 bits per heavy atom. The fourth-order valence-electron chi connectivity index (χ4n) is 3.43. The average molecular weight is 335 g/mol. The quantitative estimate of drug-likeness (QED) is 0.850. The van der Waals surface area contributed by atoms with E-state index >= 15 is 0 Å². The number of para-hydroxylation sites is 1. The van der Waals surface area contributed by atoms with Gasteiger partial charge in [-0.1, -0.05) is 30.7 Å². The number of hydrogen-bond acceptors (Lipinski definition) is 2. The lowest BCUT2D eigenvalue weighted by Crippen LogP contribution is -2.49. The second kappa shape index (κ2) is 6.52. The Morgan fingerprint density at radius 2 is 2.04 bits per heavy atom. The van der Waals surface area contributed by atoms with Crippen molar-refractivity contribution in [2.24, 2.45) is 5.41 Å².